The van der Waals surface area contributed by atoms with E-state index in [9.17, 15) is 4.39 Å². The van der Waals surface area contributed by atoms with E-state index in [1.165, 1.54) is 23.9 Å². The summed E-state index contributed by atoms with van der Waals surface area (Å²) in [6.45, 7) is 6.32. The van der Waals surface area contributed by atoms with Crippen molar-refractivity contribution in [3.8, 4) is 17.1 Å². The summed E-state index contributed by atoms with van der Waals surface area (Å²) in [5.41, 5.74) is 1.43. The van der Waals surface area contributed by atoms with Crippen molar-refractivity contribution >= 4 is 17.7 Å². The number of aromatic nitrogens is 5. The number of rotatable bonds is 6. The molecule has 166 valence electrons. The van der Waals surface area contributed by atoms with Gasteiger partial charge < -0.3 is 18.5 Å². The first-order valence-electron chi connectivity index (χ1n) is 10.1. The summed E-state index contributed by atoms with van der Waals surface area (Å²) in [4.78, 5) is 2.08. The van der Waals surface area contributed by atoms with Crippen molar-refractivity contribution in [2.24, 2.45) is 0 Å². The van der Waals surface area contributed by atoms with E-state index in [0.717, 1.165) is 17.1 Å². The van der Waals surface area contributed by atoms with Gasteiger partial charge in [-0.2, -0.15) is 0 Å². The Hall–Kier alpha value is -3.18. The molecule has 1 saturated heterocycles. The van der Waals surface area contributed by atoms with Crippen LogP contribution in [0.4, 0.5) is 10.3 Å². The van der Waals surface area contributed by atoms with E-state index in [0.29, 0.717) is 60.6 Å². The lowest BCUT2D eigenvalue weighted by atomic mass is 10.2. The van der Waals surface area contributed by atoms with Crippen LogP contribution in [0.2, 0.25) is 0 Å². The highest BCUT2D eigenvalue weighted by molar-refractivity contribution is 7.98. The standard InChI is InChI=1S/C21H21FN6O3S/c1-13-10-17(14(2)30-13)19-24-23-18(31-19)12-32-21-26-25-20(27-6-8-29-9-7-27)28(21)16-5-3-4-15(22)11-16/h3-5,10-11H,6-9,12H2,1-2H3. The predicted molar refractivity (Wildman–Crippen MR) is 115 cm³/mol. The Morgan fingerprint density at radius 2 is 1.88 bits per heavy atom. The van der Waals surface area contributed by atoms with Crippen LogP contribution in [0.5, 0.6) is 0 Å². The van der Waals surface area contributed by atoms with E-state index in [2.05, 4.69) is 25.3 Å². The summed E-state index contributed by atoms with van der Waals surface area (Å²) in [5.74, 6) is 3.08. The molecule has 5 rings (SSSR count). The highest BCUT2D eigenvalue weighted by Crippen LogP contribution is 2.31. The van der Waals surface area contributed by atoms with Crippen LogP contribution in [0.3, 0.4) is 0 Å². The largest absolute Gasteiger partial charge is 0.466 e. The van der Waals surface area contributed by atoms with Crippen LogP contribution >= 0.6 is 11.8 Å². The average molecular weight is 457 g/mol. The second-order valence-corrected chi connectivity index (χ2v) is 8.26. The molecule has 0 amide bonds. The Morgan fingerprint density at radius 3 is 2.62 bits per heavy atom. The summed E-state index contributed by atoms with van der Waals surface area (Å²) in [6.07, 6.45) is 0. The maximum atomic E-state index is 14.0. The molecule has 0 aliphatic carbocycles. The number of hydrogen-bond acceptors (Lipinski definition) is 9. The topological polar surface area (TPSA) is 95.2 Å². The van der Waals surface area contributed by atoms with Gasteiger partial charge in [0.05, 0.1) is 30.2 Å². The zero-order chi connectivity index (χ0) is 22.1. The van der Waals surface area contributed by atoms with Crippen molar-refractivity contribution in [1.29, 1.82) is 0 Å². The number of furan rings is 1. The molecule has 0 bridgehead atoms. The Kier molecular flexibility index (Phi) is 5.66. The van der Waals surface area contributed by atoms with Crippen LogP contribution in [0.1, 0.15) is 17.4 Å². The van der Waals surface area contributed by atoms with Gasteiger partial charge in [-0.3, -0.25) is 4.57 Å². The summed E-state index contributed by atoms with van der Waals surface area (Å²) in [5, 5.41) is 17.6. The number of benzene rings is 1. The van der Waals surface area contributed by atoms with Crippen LogP contribution in [-0.2, 0) is 10.5 Å². The Bertz CT molecular complexity index is 1230. The molecular formula is C21H21FN6O3S. The van der Waals surface area contributed by atoms with Gasteiger partial charge >= 0.3 is 0 Å². The third-order valence-electron chi connectivity index (χ3n) is 5.04. The van der Waals surface area contributed by atoms with E-state index in [-0.39, 0.29) is 5.82 Å². The van der Waals surface area contributed by atoms with Gasteiger partial charge in [-0.1, -0.05) is 17.8 Å². The highest BCUT2D eigenvalue weighted by Gasteiger charge is 2.23. The van der Waals surface area contributed by atoms with Gasteiger partial charge in [-0.05, 0) is 38.1 Å². The Labute approximate surface area is 187 Å². The van der Waals surface area contributed by atoms with Crippen molar-refractivity contribution < 1.29 is 18.0 Å². The molecule has 1 aliphatic rings. The molecule has 3 aromatic heterocycles. The predicted octanol–water partition coefficient (Wildman–Crippen LogP) is 3.80. The maximum Gasteiger partial charge on any atom is 0.251 e. The second-order valence-electron chi connectivity index (χ2n) is 7.31. The van der Waals surface area contributed by atoms with Gasteiger partial charge in [0.2, 0.25) is 11.8 Å². The third-order valence-corrected chi connectivity index (χ3v) is 5.95. The fourth-order valence-corrected chi connectivity index (χ4v) is 4.34. The lowest BCUT2D eigenvalue weighted by Gasteiger charge is -2.27. The SMILES string of the molecule is Cc1cc(-c2nnc(CSc3nnc(N4CCOCC4)n3-c3cccc(F)c3)o2)c(C)o1. The molecule has 0 N–H and O–H groups in total. The normalized spacial score (nSPS) is 14.3. The monoisotopic (exact) mass is 456 g/mol. The van der Waals surface area contributed by atoms with E-state index >= 15 is 0 Å². The van der Waals surface area contributed by atoms with Crippen molar-refractivity contribution in [3.63, 3.8) is 0 Å². The van der Waals surface area contributed by atoms with Gasteiger partial charge in [0.25, 0.3) is 5.89 Å². The maximum absolute atomic E-state index is 14.0. The third kappa shape index (κ3) is 4.13. The molecule has 9 nitrogen and oxygen atoms in total. The minimum absolute atomic E-state index is 0.326. The number of anilines is 1. The van der Waals surface area contributed by atoms with Gasteiger partial charge in [-0.25, -0.2) is 4.39 Å². The lowest BCUT2D eigenvalue weighted by Crippen LogP contribution is -2.37. The molecule has 11 heteroatoms. The molecular weight excluding hydrogens is 435 g/mol. The molecule has 1 fully saturated rings. The first-order chi connectivity index (χ1) is 15.6. The van der Waals surface area contributed by atoms with E-state index in [1.54, 1.807) is 6.07 Å². The van der Waals surface area contributed by atoms with Crippen LogP contribution < -0.4 is 4.90 Å². The number of thioether (sulfide) groups is 1. The van der Waals surface area contributed by atoms with Crippen molar-refractivity contribution in [1.82, 2.24) is 25.0 Å². The highest BCUT2D eigenvalue weighted by atomic mass is 32.2. The fraction of sp³-hybridized carbons (Fsp3) is 0.333. The minimum Gasteiger partial charge on any atom is -0.466 e. The van der Waals surface area contributed by atoms with Gasteiger partial charge in [0, 0.05) is 13.1 Å². The van der Waals surface area contributed by atoms with Crippen LogP contribution in [-0.4, -0.2) is 51.3 Å². The van der Waals surface area contributed by atoms with E-state index in [4.69, 9.17) is 13.6 Å². The summed E-state index contributed by atoms with van der Waals surface area (Å²) >= 11 is 1.39. The van der Waals surface area contributed by atoms with Crippen LogP contribution in [0, 0.1) is 19.7 Å². The van der Waals surface area contributed by atoms with E-state index < -0.39 is 0 Å². The number of halogens is 1. The zero-order valence-corrected chi connectivity index (χ0v) is 18.4. The average Bonchev–Trinajstić information content (AvgIpc) is 3.51. The fourth-order valence-electron chi connectivity index (χ4n) is 3.56. The number of hydrogen-bond donors (Lipinski definition) is 0. The van der Waals surface area contributed by atoms with E-state index in [1.807, 2.05) is 30.5 Å². The minimum atomic E-state index is -0.326. The lowest BCUT2D eigenvalue weighted by molar-refractivity contribution is 0.122. The summed E-state index contributed by atoms with van der Waals surface area (Å²) < 4.78 is 32.6. The molecule has 0 atom stereocenters. The quantitative estimate of drug-likeness (QED) is 0.402. The molecule has 4 aromatic rings. The summed E-state index contributed by atoms with van der Waals surface area (Å²) in [7, 11) is 0. The van der Waals surface area contributed by atoms with Crippen molar-refractivity contribution in [2.45, 2.75) is 24.8 Å². The summed E-state index contributed by atoms with van der Waals surface area (Å²) in [6, 6.07) is 8.24. The van der Waals surface area contributed by atoms with Crippen molar-refractivity contribution in [2.75, 3.05) is 31.2 Å². The first-order valence-corrected chi connectivity index (χ1v) is 11.1. The molecule has 1 aliphatic heterocycles. The van der Waals surface area contributed by atoms with Crippen molar-refractivity contribution in [3.05, 3.63) is 53.6 Å². The van der Waals surface area contributed by atoms with Crippen LogP contribution in [0.25, 0.3) is 17.1 Å². The number of ether oxygens (including phenoxy) is 1. The number of nitrogens with zero attached hydrogens (tertiary/aromatic N) is 6. The Morgan fingerprint density at radius 1 is 1.03 bits per heavy atom. The molecule has 32 heavy (non-hydrogen) atoms. The molecule has 0 saturated carbocycles. The number of aryl methyl sites for hydroxylation is 2. The molecule has 4 heterocycles. The molecule has 0 unspecified atom stereocenters. The van der Waals surface area contributed by atoms with Gasteiger partial charge in [0.15, 0.2) is 5.16 Å². The number of morpholine rings is 1. The molecule has 1 aromatic carbocycles. The Balaban J connectivity index is 1.41. The molecule has 0 radical (unpaired) electrons. The van der Waals surface area contributed by atoms with Gasteiger partial charge in [-0.15, -0.1) is 20.4 Å². The second kappa shape index (κ2) is 8.75. The molecule has 0 spiro atoms. The zero-order valence-electron chi connectivity index (χ0n) is 17.6. The first kappa shape index (κ1) is 20.7. The smallest absolute Gasteiger partial charge is 0.251 e. The van der Waals surface area contributed by atoms with Crippen LogP contribution in [0.15, 0.2) is 44.3 Å². The van der Waals surface area contributed by atoms with Gasteiger partial charge in [0.1, 0.15) is 17.3 Å².